The number of imide groups is 1. The van der Waals surface area contributed by atoms with Crippen molar-refractivity contribution in [3.8, 4) is 6.01 Å². The Kier molecular flexibility index (Phi) is 4.68. The Bertz CT molecular complexity index is 635. The number of halogens is 1. The Morgan fingerprint density at radius 2 is 1.92 bits per heavy atom. The molecule has 2 aliphatic rings. The number of hydrogen-bond acceptors (Lipinski definition) is 6. The highest BCUT2D eigenvalue weighted by atomic mass is 19.1. The molecule has 2 aliphatic heterocycles. The third-order valence-electron chi connectivity index (χ3n) is 4.05. The normalized spacial score (nSPS) is 21.3. The van der Waals surface area contributed by atoms with E-state index in [0.717, 1.165) is 23.7 Å². The maximum atomic E-state index is 12.8. The second-order valence-electron chi connectivity index (χ2n) is 5.78. The van der Waals surface area contributed by atoms with Crippen molar-refractivity contribution in [2.24, 2.45) is 0 Å². The number of carbonyl (C=O) groups is 3. The van der Waals surface area contributed by atoms with Crippen LogP contribution in [0.5, 0.6) is 6.01 Å². The van der Waals surface area contributed by atoms with E-state index in [2.05, 4.69) is 9.97 Å². The molecule has 1 aromatic rings. The van der Waals surface area contributed by atoms with Crippen LogP contribution in [0.15, 0.2) is 12.4 Å². The van der Waals surface area contributed by atoms with Gasteiger partial charge in [0.1, 0.15) is 12.6 Å². The molecule has 9 heteroatoms. The van der Waals surface area contributed by atoms with E-state index in [0.29, 0.717) is 19.5 Å². The fourth-order valence-corrected chi connectivity index (χ4v) is 2.81. The summed E-state index contributed by atoms with van der Waals surface area (Å²) in [6.07, 6.45) is 3.49. The molecule has 0 aromatic carbocycles. The highest BCUT2D eigenvalue weighted by molar-refractivity contribution is 6.04. The van der Waals surface area contributed by atoms with Crippen LogP contribution in [0.4, 0.5) is 4.39 Å². The third kappa shape index (κ3) is 3.66. The topological polar surface area (TPSA) is 92.7 Å². The summed E-state index contributed by atoms with van der Waals surface area (Å²) < 4.78 is 18.4. The van der Waals surface area contributed by atoms with E-state index in [1.165, 1.54) is 0 Å². The summed E-state index contributed by atoms with van der Waals surface area (Å²) in [5.41, 5.74) is 0. The molecule has 0 saturated carbocycles. The number of amides is 3. The van der Waals surface area contributed by atoms with Crippen LogP contribution in [0.25, 0.3) is 0 Å². The predicted molar refractivity (Wildman–Crippen MR) is 78.2 cm³/mol. The van der Waals surface area contributed by atoms with E-state index in [-0.39, 0.29) is 49.2 Å². The minimum absolute atomic E-state index is 0.0561. The molecular weight excluding hydrogens is 319 g/mol. The molecule has 0 N–H and O–H groups in total. The lowest BCUT2D eigenvalue weighted by atomic mass is 10.1. The molecule has 3 rings (SSSR count). The van der Waals surface area contributed by atoms with Crippen LogP contribution in [0.1, 0.15) is 25.7 Å². The van der Waals surface area contributed by atoms with Crippen LogP contribution < -0.4 is 4.74 Å². The van der Waals surface area contributed by atoms with Crippen LogP contribution in [0, 0.1) is 5.82 Å². The molecule has 128 valence electrons. The molecule has 3 heterocycles. The number of carbonyl (C=O) groups excluding carboxylic acids is 3. The molecule has 24 heavy (non-hydrogen) atoms. The van der Waals surface area contributed by atoms with Gasteiger partial charge in [0.05, 0.1) is 18.9 Å². The van der Waals surface area contributed by atoms with Gasteiger partial charge < -0.3 is 9.64 Å². The quantitative estimate of drug-likeness (QED) is 0.726. The van der Waals surface area contributed by atoms with Crippen molar-refractivity contribution >= 4 is 17.7 Å². The Labute approximate surface area is 137 Å². The van der Waals surface area contributed by atoms with Crippen molar-refractivity contribution in [2.45, 2.75) is 31.8 Å². The van der Waals surface area contributed by atoms with Gasteiger partial charge in [0.2, 0.25) is 17.7 Å². The van der Waals surface area contributed by atoms with E-state index in [1.54, 1.807) is 4.90 Å². The molecule has 0 bridgehead atoms. The zero-order valence-corrected chi connectivity index (χ0v) is 13.0. The summed E-state index contributed by atoms with van der Waals surface area (Å²) in [7, 11) is 0. The van der Waals surface area contributed by atoms with E-state index < -0.39 is 5.82 Å². The first kappa shape index (κ1) is 16.3. The Hall–Kier alpha value is -2.58. The third-order valence-corrected chi connectivity index (χ3v) is 4.05. The highest BCUT2D eigenvalue weighted by Crippen LogP contribution is 2.17. The standard InChI is InChI=1S/C15H17FN4O4/c16-10-6-17-15(18-7-10)24-11-2-1-5-19(8-11)14(23)9-20-12(21)3-4-13(20)22/h6-7,11H,1-5,8-9H2. The summed E-state index contributed by atoms with van der Waals surface area (Å²) >= 11 is 0. The molecule has 0 radical (unpaired) electrons. The number of aromatic nitrogens is 2. The number of nitrogens with zero attached hydrogens (tertiary/aromatic N) is 4. The van der Waals surface area contributed by atoms with E-state index in [4.69, 9.17) is 4.74 Å². The lowest BCUT2D eigenvalue weighted by Gasteiger charge is -2.33. The first-order valence-electron chi connectivity index (χ1n) is 7.78. The van der Waals surface area contributed by atoms with Crippen LogP contribution >= 0.6 is 0 Å². The van der Waals surface area contributed by atoms with Gasteiger partial charge in [-0.15, -0.1) is 0 Å². The largest absolute Gasteiger partial charge is 0.458 e. The van der Waals surface area contributed by atoms with Gasteiger partial charge in [0.25, 0.3) is 0 Å². The van der Waals surface area contributed by atoms with Crippen molar-refractivity contribution in [1.82, 2.24) is 19.8 Å². The molecule has 0 spiro atoms. The predicted octanol–water partition coefficient (Wildman–Crippen LogP) is 0.134. The van der Waals surface area contributed by atoms with Crippen molar-refractivity contribution in [3.63, 3.8) is 0 Å². The maximum absolute atomic E-state index is 12.8. The molecular formula is C15H17FN4O4. The van der Waals surface area contributed by atoms with E-state index in [1.807, 2.05) is 0 Å². The van der Waals surface area contributed by atoms with Gasteiger partial charge in [-0.25, -0.2) is 14.4 Å². The number of ether oxygens (including phenoxy) is 1. The fraction of sp³-hybridized carbons (Fsp3) is 0.533. The minimum atomic E-state index is -0.553. The van der Waals surface area contributed by atoms with Gasteiger partial charge in [-0.2, -0.15) is 0 Å². The summed E-state index contributed by atoms with van der Waals surface area (Å²) in [5, 5.41) is 0. The fourth-order valence-electron chi connectivity index (χ4n) is 2.81. The molecule has 2 fully saturated rings. The minimum Gasteiger partial charge on any atom is -0.458 e. The summed E-state index contributed by atoms with van der Waals surface area (Å²) in [6.45, 7) is 0.631. The molecule has 0 aliphatic carbocycles. The van der Waals surface area contributed by atoms with Crippen LogP contribution in [0.2, 0.25) is 0 Å². The van der Waals surface area contributed by atoms with Crippen molar-refractivity contribution < 1.29 is 23.5 Å². The number of hydrogen-bond donors (Lipinski definition) is 0. The molecule has 1 aromatic heterocycles. The molecule has 3 amide bonds. The van der Waals surface area contributed by atoms with Crippen LogP contribution in [0.3, 0.4) is 0 Å². The Morgan fingerprint density at radius 1 is 1.25 bits per heavy atom. The number of likely N-dealkylation sites (tertiary alicyclic amines) is 2. The molecule has 8 nitrogen and oxygen atoms in total. The summed E-state index contributed by atoms with van der Waals surface area (Å²) in [6, 6.07) is 0.0561. The molecule has 2 saturated heterocycles. The Balaban J connectivity index is 1.56. The monoisotopic (exact) mass is 336 g/mol. The van der Waals surface area contributed by atoms with Crippen molar-refractivity contribution in [3.05, 3.63) is 18.2 Å². The van der Waals surface area contributed by atoms with Gasteiger partial charge in [-0.1, -0.05) is 0 Å². The second kappa shape index (κ2) is 6.90. The smallest absolute Gasteiger partial charge is 0.316 e. The number of rotatable bonds is 4. The van der Waals surface area contributed by atoms with Crippen LogP contribution in [-0.4, -0.2) is 63.2 Å². The SMILES string of the molecule is O=C(CN1C(=O)CCC1=O)N1CCCC(Oc2ncc(F)cn2)C1. The van der Waals surface area contributed by atoms with Crippen molar-refractivity contribution in [1.29, 1.82) is 0 Å². The van der Waals surface area contributed by atoms with Crippen LogP contribution in [-0.2, 0) is 14.4 Å². The lowest BCUT2D eigenvalue weighted by molar-refractivity contribution is -0.146. The maximum Gasteiger partial charge on any atom is 0.316 e. The summed E-state index contributed by atoms with van der Waals surface area (Å²) in [5.74, 6) is -1.45. The van der Waals surface area contributed by atoms with Crippen molar-refractivity contribution in [2.75, 3.05) is 19.6 Å². The van der Waals surface area contributed by atoms with E-state index in [9.17, 15) is 18.8 Å². The zero-order chi connectivity index (χ0) is 17.1. The first-order valence-corrected chi connectivity index (χ1v) is 7.78. The van der Waals surface area contributed by atoms with Gasteiger partial charge in [-0.3, -0.25) is 19.3 Å². The highest BCUT2D eigenvalue weighted by Gasteiger charge is 2.33. The molecule has 1 unspecified atom stereocenters. The first-order chi connectivity index (χ1) is 11.5. The van der Waals surface area contributed by atoms with Gasteiger partial charge >= 0.3 is 6.01 Å². The van der Waals surface area contributed by atoms with Gasteiger partial charge in [-0.05, 0) is 12.8 Å². The van der Waals surface area contributed by atoms with Gasteiger partial charge in [0.15, 0.2) is 5.82 Å². The van der Waals surface area contributed by atoms with Gasteiger partial charge in [0, 0.05) is 19.4 Å². The number of piperidine rings is 1. The average molecular weight is 336 g/mol. The van der Waals surface area contributed by atoms with E-state index >= 15 is 0 Å². The Morgan fingerprint density at radius 3 is 2.58 bits per heavy atom. The lowest BCUT2D eigenvalue weighted by Crippen LogP contribution is -2.49. The zero-order valence-electron chi connectivity index (χ0n) is 13.0. The molecule has 1 atom stereocenters. The summed E-state index contributed by atoms with van der Waals surface area (Å²) in [4.78, 5) is 45.6. The second-order valence-corrected chi connectivity index (χ2v) is 5.78. The average Bonchev–Trinajstić information content (AvgIpc) is 2.89.